The van der Waals surface area contributed by atoms with Gasteiger partial charge < -0.3 is 43.8 Å². The minimum Gasteiger partial charge on any atom is -0.389 e. The number of nitrogens with two attached hydrogens (primary N) is 4. The van der Waals surface area contributed by atoms with Gasteiger partial charge in [-0.2, -0.15) is 8.42 Å². The maximum Gasteiger partial charge on any atom is 0.394 e. The molecule has 0 saturated carbocycles. The summed E-state index contributed by atoms with van der Waals surface area (Å²) in [5, 5.41) is 25.3. The summed E-state index contributed by atoms with van der Waals surface area (Å²) in [6.45, 7) is 1.17. The Kier molecular flexibility index (Phi) is 17.2. The summed E-state index contributed by atoms with van der Waals surface area (Å²) in [6, 6.07) is 15.3. The van der Waals surface area contributed by atoms with E-state index in [4.69, 9.17) is 40.5 Å². The van der Waals surface area contributed by atoms with Crippen LogP contribution in [0.4, 0.5) is 11.4 Å². The lowest BCUT2D eigenvalue weighted by atomic mass is 10.3. The Balaban J connectivity index is 0.000000594. The summed E-state index contributed by atoms with van der Waals surface area (Å²) in [4.78, 5) is 7.46. The molecule has 0 radical (unpaired) electrons. The minimum atomic E-state index is -4.67. The first-order valence-electron chi connectivity index (χ1n) is 10.3. The first-order chi connectivity index (χ1) is 17.2. The van der Waals surface area contributed by atoms with Crippen LogP contribution in [0.1, 0.15) is 0 Å². The lowest BCUT2D eigenvalue weighted by molar-refractivity contribution is 0.196. The molecule has 14 nitrogen and oxygen atoms in total. The Morgan fingerprint density at radius 2 is 1.05 bits per heavy atom. The lowest BCUT2D eigenvalue weighted by Gasteiger charge is -2.11. The Bertz CT molecular complexity index is 1020. The number of para-hydroxylation sites is 2. The van der Waals surface area contributed by atoms with Crippen molar-refractivity contribution in [1.29, 1.82) is 0 Å². The number of halogens is 2. The Hall–Kier alpha value is -2.67. The summed E-state index contributed by atoms with van der Waals surface area (Å²) in [5.41, 5.74) is 22.5. The van der Waals surface area contributed by atoms with E-state index in [-0.39, 0.29) is 25.0 Å². The van der Waals surface area contributed by atoms with Crippen molar-refractivity contribution in [3.63, 3.8) is 0 Å². The average Bonchev–Trinajstić information content (AvgIpc) is 2.79. The monoisotopic (exact) mass is 670 g/mol. The fraction of sp³-hybridized carbons (Fsp3) is 0.300. The van der Waals surface area contributed by atoms with Gasteiger partial charge in [0.05, 0.1) is 25.3 Å². The molecule has 37 heavy (non-hydrogen) atoms. The third kappa shape index (κ3) is 21.1. The first-order valence-corrected chi connectivity index (χ1v) is 13.3. The maximum absolute atomic E-state index is 9.55. The van der Waals surface area contributed by atoms with Crippen LogP contribution in [0.25, 0.3) is 0 Å². The summed E-state index contributed by atoms with van der Waals surface area (Å²) in [6.07, 6.45) is -1.23. The number of anilines is 2. The van der Waals surface area contributed by atoms with Gasteiger partial charge in [0, 0.05) is 33.4 Å². The van der Waals surface area contributed by atoms with E-state index in [1.807, 2.05) is 48.5 Å². The molecule has 0 bridgehead atoms. The maximum atomic E-state index is 9.55. The fourth-order valence-electron chi connectivity index (χ4n) is 2.22. The molecule has 0 aliphatic carbocycles. The second kappa shape index (κ2) is 18.6. The summed E-state index contributed by atoms with van der Waals surface area (Å²) in [5.74, 6) is -0.0279. The molecular formula is C20H32Br2N8O6S. The molecule has 0 heterocycles. The third-order valence-corrected chi connectivity index (χ3v) is 5.16. The number of aliphatic hydroxyl groups is 2. The molecular weight excluding hydrogens is 640 g/mol. The van der Waals surface area contributed by atoms with Gasteiger partial charge in [-0.3, -0.25) is 19.1 Å². The quantitative estimate of drug-likeness (QED) is 0.0930. The Labute approximate surface area is 232 Å². The number of benzene rings is 2. The van der Waals surface area contributed by atoms with Crippen LogP contribution in [0.5, 0.6) is 0 Å². The van der Waals surface area contributed by atoms with Gasteiger partial charge in [0.15, 0.2) is 11.9 Å². The number of rotatable bonds is 10. The second-order valence-electron chi connectivity index (χ2n) is 7.01. The van der Waals surface area contributed by atoms with Crippen LogP contribution in [-0.2, 0) is 10.4 Å². The SMILES string of the molecule is NC(N)=NCC(O)CNc1ccccc1Br.NC(N)=NCC(O)CNc1ccccc1Br.O=S(=O)(O)O. The number of nitrogens with one attached hydrogen (secondary N) is 2. The highest BCUT2D eigenvalue weighted by Crippen LogP contribution is 2.21. The van der Waals surface area contributed by atoms with Gasteiger partial charge in [-0.25, -0.2) is 0 Å². The zero-order valence-electron chi connectivity index (χ0n) is 19.6. The van der Waals surface area contributed by atoms with E-state index in [1.165, 1.54) is 0 Å². The third-order valence-electron chi connectivity index (χ3n) is 3.77. The molecule has 2 aromatic carbocycles. The van der Waals surface area contributed by atoms with E-state index in [0.717, 1.165) is 20.3 Å². The number of aliphatic hydroxyl groups excluding tert-OH is 2. The van der Waals surface area contributed by atoms with Crippen LogP contribution in [0.2, 0.25) is 0 Å². The number of hydrogen-bond donors (Lipinski definition) is 10. The molecule has 2 aromatic rings. The highest BCUT2D eigenvalue weighted by atomic mass is 79.9. The second-order valence-corrected chi connectivity index (χ2v) is 9.61. The zero-order valence-corrected chi connectivity index (χ0v) is 23.6. The van der Waals surface area contributed by atoms with E-state index in [0.29, 0.717) is 13.1 Å². The average molecular weight is 672 g/mol. The summed E-state index contributed by atoms with van der Waals surface area (Å²) in [7, 11) is -4.67. The van der Waals surface area contributed by atoms with Gasteiger partial charge in [0.25, 0.3) is 0 Å². The molecule has 0 spiro atoms. The van der Waals surface area contributed by atoms with Crippen molar-refractivity contribution in [3.05, 3.63) is 57.5 Å². The molecule has 0 aromatic heterocycles. The molecule has 17 heteroatoms. The molecule has 0 amide bonds. The van der Waals surface area contributed by atoms with E-state index in [2.05, 4.69) is 52.5 Å². The van der Waals surface area contributed by atoms with Crippen LogP contribution in [0, 0.1) is 0 Å². The molecule has 2 unspecified atom stereocenters. The number of hydrogen-bond acceptors (Lipinski definition) is 8. The predicted octanol–water partition coefficient (Wildman–Crippen LogP) is 0.338. The number of guanidine groups is 2. The largest absolute Gasteiger partial charge is 0.394 e. The van der Waals surface area contributed by atoms with Gasteiger partial charge in [-0.1, -0.05) is 24.3 Å². The number of aliphatic imine (C=N–C) groups is 2. The minimum absolute atomic E-state index is 0.0139. The predicted molar refractivity (Wildman–Crippen MR) is 153 cm³/mol. The van der Waals surface area contributed by atoms with E-state index < -0.39 is 22.6 Å². The van der Waals surface area contributed by atoms with Gasteiger partial charge in [0.1, 0.15) is 0 Å². The van der Waals surface area contributed by atoms with E-state index in [9.17, 15) is 10.2 Å². The van der Waals surface area contributed by atoms with Crippen molar-refractivity contribution in [3.8, 4) is 0 Å². The zero-order chi connectivity index (χ0) is 28.4. The Morgan fingerprint density at radius 1 is 0.757 bits per heavy atom. The van der Waals surface area contributed by atoms with Crippen LogP contribution < -0.4 is 33.6 Å². The first kappa shape index (κ1) is 34.3. The highest BCUT2D eigenvalue weighted by molar-refractivity contribution is 9.11. The summed E-state index contributed by atoms with van der Waals surface area (Å²) >= 11 is 6.79. The molecule has 14 N–H and O–H groups in total. The molecule has 2 rings (SSSR count). The molecule has 2 atom stereocenters. The van der Waals surface area contributed by atoms with E-state index in [1.54, 1.807) is 0 Å². The highest BCUT2D eigenvalue weighted by Gasteiger charge is 2.05. The Morgan fingerprint density at radius 3 is 1.32 bits per heavy atom. The van der Waals surface area contributed by atoms with Crippen molar-refractivity contribution in [2.75, 3.05) is 36.8 Å². The van der Waals surface area contributed by atoms with Crippen molar-refractivity contribution in [2.45, 2.75) is 12.2 Å². The van der Waals surface area contributed by atoms with Gasteiger partial charge in [0.2, 0.25) is 0 Å². The van der Waals surface area contributed by atoms with Gasteiger partial charge in [-0.05, 0) is 56.1 Å². The molecule has 0 aliphatic rings. The molecule has 0 aliphatic heterocycles. The van der Waals surface area contributed by atoms with Crippen LogP contribution >= 0.6 is 31.9 Å². The smallest absolute Gasteiger partial charge is 0.389 e. The topological polar surface area (TPSA) is 268 Å². The fourth-order valence-corrected chi connectivity index (χ4v) is 3.07. The standard InChI is InChI=1S/2C10H15BrN4O.H2O4S/c2*11-8-3-1-2-4-9(8)14-5-7(16)6-15-10(12)13;1-5(2,3)4/h2*1-4,7,14,16H,5-6H2,(H4,12,13,15);(H2,1,2,3,4). The van der Waals surface area contributed by atoms with Crippen LogP contribution in [0.15, 0.2) is 67.5 Å². The van der Waals surface area contributed by atoms with E-state index >= 15 is 0 Å². The normalized spacial score (nSPS) is 11.8. The van der Waals surface area contributed by atoms with Crippen molar-refractivity contribution >= 4 is 65.6 Å². The lowest BCUT2D eigenvalue weighted by Crippen LogP contribution is -2.28. The van der Waals surface area contributed by atoms with Crippen molar-refractivity contribution in [1.82, 2.24) is 0 Å². The summed E-state index contributed by atoms with van der Waals surface area (Å²) < 4.78 is 33.5. The van der Waals surface area contributed by atoms with Crippen LogP contribution in [0.3, 0.4) is 0 Å². The van der Waals surface area contributed by atoms with Crippen LogP contribution in [-0.4, -0.2) is 78.0 Å². The molecule has 0 saturated heterocycles. The van der Waals surface area contributed by atoms with Crippen molar-refractivity contribution < 1.29 is 27.7 Å². The van der Waals surface area contributed by atoms with Gasteiger partial charge >= 0.3 is 10.4 Å². The van der Waals surface area contributed by atoms with Gasteiger partial charge in [-0.15, -0.1) is 0 Å². The number of nitrogens with zero attached hydrogens (tertiary/aromatic N) is 2. The van der Waals surface area contributed by atoms with Crippen molar-refractivity contribution in [2.24, 2.45) is 32.9 Å². The molecule has 0 fully saturated rings. The molecule has 208 valence electrons.